The van der Waals surface area contributed by atoms with Crippen LogP contribution in [0.3, 0.4) is 0 Å². The number of carbonyl (C=O) groups is 1. The summed E-state index contributed by atoms with van der Waals surface area (Å²) in [5, 5.41) is 0.597. The third-order valence-corrected chi connectivity index (χ3v) is 2.95. The van der Waals surface area contributed by atoms with Gasteiger partial charge in [0, 0.05) is 5.66 Å². The van der Waals surface area contributed by atoms with Gasteiger partial charge in [0.25, 0.3) is 0 Å². The van der Waals surface area contributed by atoms with Crippen molar-refractivity contribution >= 4 is 29.4 Å². The van der Waals surface area contributed by atoms with Crippen molar-refractivity contribution in [3.8, 4) is 0 Å². The smallest absolute Gasteiger partial charge is 0.338 e. The maximum atomic E-state index is 10.9. The highest BCUT2D eigenvalue weighted by atomic mass is 31.0. The summed E-state index contributed by atoms with van der Waals surface area (Å²) < 4.78 is 4.54. The molecule has 0 N–H and O–H groups in total. The number of esters is 1. The zero-order valence-electron chi connectivity index (χ0n) is 6.89. The fourth-order valence-corrected chi connectivity index (χ4v) is 1.43. The topological polar surface area (TPSA) is 26.3 Å². The Balaban J connectivity index is 3.91. The highest BCUT2D eigenvalue weighted by Gasteiger charge is 2.14. The zero-order valence-corrected chi connectivity index (χ0v) is 9.04. The standard InChI is InChI=1S/C7H14O2P2/c1-3-4-5(10)6(11)7(8)9-2/h5,11H,3-4,10H2,1-2H3. The Kier molecular flexibility index (Phi) is 5.72. The Morgan fingerprint density at radius 2 is 2.27 bits per heavy atom. The molecule has 0 amide bonds. The van der Waals surface area contributed by atoms with Crippen molar-refractivity contribution in [2.75, 3.05) is 7.11 Å². The fraction of sp³-hybridized carbons (Fsp3) is 0.714. The molecule has 0 aliphatic rings. The Labute approximate surface area is 72.1 Å². The van der Waals surface area contributed by atoms with Crippen molar-refractivity contribution in [3.63, 3.8) is 0 Å². The summed E-state index contributed by atoms with van der Waals surface area (Å²) in [5.41, 5.74) is 0.184. The summed E-state index contributed by atoms with van der Waals surface area (Å²) in [6, 6.07) is 0. The molecule has 2 unspecified atom stereocenters. The molecule has 0 radical (unpaired) electrons. The Morgan fingerprint density at radius 3 is 2.64 bits per heavy atom. The minimum absolute atomic E-state index is 0.184. The molecule has 0 aliphatic carbocycles. The highest BCUT2D eigenvalue weighted by Crippen LogP contribution is 2.12. The van der Waals surface area contributed by atoms with Crippen LogP contribution in [-0.4, -0.2) is 24.0 Å². The molecule has 0 aliphatic heterocycles. The van der Waals surface area contributed by atoms with Crippen LogP contribution in [0.4, 0.5) is 0 Å². The molecule has 64 valence electrons. The van der Waals surface area contributed by atoms with Crippen LogP contribution in [0.5, 0.6) is 0 Å². The number of hydrogen-bond donors (Lipinski definition) is 0. The van der Waals surface area contributed by atoms with Crippen molar-refractivity contribution in [1.29, 1.82) is 0 Å². The lowest BCUT2D eigenvalue weighted by Crippen LogP contribution is -2.22. The lowest BCUT2D eigenvalue weighted by molar-refractivity contribution is -0.132. The second-order valence-electron chi connectivity index (χ2n) is 2.30. The van der Waals surface area contributed by atoms with E-state index in [9.17, 15) is 4.79 Å². The molecule has 0 aromatic carbocycles. The number of methoxy groups -OCH3 is 1. The molecule has 0 rings (SSSR count). The minimum atomic E-state index is -0.282. The third kappa shape index (κ3) is 3.84. The van der Waals surface area contributed by atoms with E-state index in [0.717, 1.165) is 12.8 Å². The van der Waals surface area contributed by atoms with E-state index in [1.807, 2.05) is 0 Å². The van der Waals surface area contributed by atoms with E-state index in [2.05, 4.69) is 29.8 Å². The summed E-state index contributed by atoms with van der Waals surface area (Å²) in [7, 11) is 7.23. The molecule has 4 heteroatoms. The van der Waals surface area contributed by atoms with Gasteiger partial charge in [-0.2, -0.15) is 0 Å². The van der Waals surface area contributed by atoms with Crippen molar-refractivity contribution < 1.29 is 9.53 Å². The van der Waals surface area contributed by atoms with Crippen molar-refractivity contribution in [3.05, 3.63) is 0 Å². The lowest BCUT2D eigenvalue weighted by Gasteiger charge is -2.09. The van der Waals surface area contributed by atoms with Gasteiger partial charge in [-0.25, -0.2) is 4.79 Å². The van der Waals surface area contributed by atoms with Crippen LogP contribution in [0.2, 0.25) is 0 Å². The van der Waals surface area contributed by atoms with Crippen molar-refractivity contribution in [2.45, 2.75) is 25.4 Å². The van der Waals surface area contributed by atoms with Crippen LogP contribution in [0.15, 0.2) is 0 Å². The Morgan fingerprint density at radius 1 is 1.73 bits per heavy atom. The zero-order chi connectivity index (χ0) is 8.85. The second kappa shape index (κ2) is 5.69. The van der Waals surface area contributed by atoms with Gasteiger partial charge < -0.3 is 4.74 Å². The van der Waals surface area contributed by atoms with Gasteiger partial charge in [0.15, 0.2) is 0 Å². The number of carbonyl (C=O) groups excluding carboxylic acids is 1. The van der Waals surface area contributed by atoms with E-state index in [4.69, 9.17) is 0 Å². The van der Waals surface area contributed by atoms with E-state index in [1.165, 1.54) is 7.11 Å². The maximum absolute atomic E-state index is 10.9. The van der Waals surface area contributed by atoms with E-state index in [1.54, 1.807) is 0 Å². The summed E-state index contributed by atoms with van der Waals surface area (Å²) in [6.07, 6.45) is 2.03. The molecule has 0 heterocycles. The quantitative estimate of drug-likeness (QED) is 0.498. The van der Waals surface area contributed by atoms with E-state index >= 15 is 0 Å². The van der Waals surface area contributed by atoms with E-state index in [0.29, 0.717) is 5.29 Å². The van der Waals surface area contributed by atoms with Gasteiger partial charge >= 0.3 is 5.97 Å². The number of rotatable bonds is 4. The summed E-state index contributed by atoms with van der Waals surface area (Å²) in [6.45, 7) is 2.08. The second-order valence-corrected chi connectivity index (χ2v) is 3.64. The van der Waals surface area contributed by atoms with Gasteiger partial charge in [-0.05, 0) is 6.42 Å². The minimum Gasteiger partial charge on any atom is -0.465 e. The largest absolute Gasteiger partial charge is 0.465 e. The Bertz CT molecular complexity index is 157. The molecule has 0 aromatic rings. The van der Waals surface area contributed by atoms with Crippen molar-refractivity contribution in [2.24, 2.45) is 0 Å². The molecule has 0 saturated heterocycles. The predicted octanol–water partition coefficient (Wildman–Crippen LogP) is 1.52. The Hall–Kier alpha value is 0.0700. The third-order valence-electron chi connectivity index (χ3n) is 1.38. The summed E-state index contributed by atoms with van der Waals surface area (Å²) in [5.74, 6) is -0.282. The first-order chi connectivity index (χ1) is 5.13. The van der Waals surface area contributed by atoms with Crippen LogP contribution in [0.1, 0.15) is 19.8 Å². The number of ether oxygens (including phenoxy) is 1. The molecule has 0 saturated carbocycles. The predicted molar refractivity (Wildman–Crippen MR) is 53.7 cm³/mol. The monoisotopic (exact) mass is 192 g/mol. The van der Waals surface area contributed by atoms with E-state index < -0.39 is 0 Å². The molecular weight excluding hydrogens is 178 g/mol. The van der Waals surface area contributed by atoms with Gasteiger partial charge in [-0.3, -0.25) is 0 Å². The SMILES string of the molecule is CCCC(P)C(=P)C(=O)OC. The van der Waals surface area contributed by atoms with Gasteiger partial charge in [0.05, 0.1) is 12.4 Å². The first-order valence-electron chi connectivity index (χ1n) is 3.55. The maximum Gasteiger partial charge on any atom is 0.338 e. The van der Waals surface area contributed by atoms with Gasteiger partial charge in [0.1, 0.15) is 0 Å². The average Bonchev–Trinajstić information content (AvgIpc) is 2.02. The van der Waals surface area contributed by atoms with E-state index in [-0.39, 0.29) is 11.6 Å². The first-order valence-corrected chi connectivity index (χ1v) is 4.72. The van der Waals surface area contributed by atoms with Crippen LogP contribution in [-0.2, 0) is 9.53 Å². The number of hydrogen-bond acceptors (Lipinski definition) is 2. The van der Waals surface area contributed by atoms with Crippen LogP contribution >= 0.6 is 18.1 Å². The molecule has 2 atom stereocenters. The molecule has 0 fully saturated rings. The molecular formula is C7H14O2P2. The van der Waals surface area contributed by atoms with Crippen molar-refractivity contribution in [1.82, 2.24) is 0 Å². The van der Waals surface area contributed by atoms with Gasteiger partial charge in [-0.1, -0.05) is 13.3 Å². The molecule has 0 bridgehead atoms. The normalized spacial score (nSPS) is 12.3. The lowest BCUT2D eigenvalue weighted by atomic mass is 10.2. The summed E-state index contributed by atoms with van der Waals surface area (Å²) >= 11 is 0. The molecule has 11 heavy (non-hydrogen) atoms. The fourth-order valence-electron chi connectivity index (χ4n) is 0.717. The first kappa shape index (κ1) is 11.1. The average molecular weight is 192 g/mol. The molecule has 0 aromatic heterocycles. The van der Waals surface area contributed by atoms with Crippen LogP contribution in [0.25, 0.3) is 0 Å². The van der Waals surface area contributed by atoms with Gasteiger partial charge in [-0.15, -0.1) is 18.1 Å². The van der Waals surface area contributed by atoms with Crippen LogP contribution in [0, 0.1) is 0 Å². The summed E-state index contributed by atoms with van der Waals surface area (Å²) in [4.78, 5) is 10.9. The van der Waals surface area contributed by atoms with Gasteiger partial charge in [0.2, 0.25) is 0 Å². The van der Waals surface area contributed by atoms with Crippen LogP contribution < -0.4 is 0 Å². The molecule has 0 spiro atoms. The molecule has 2 nitrogen and oxygen atoms in total. The highest BCUT2D eigenvalue weighted by molar-refractivity contribution is 7.32.